The zero-order chi connectivity index (χ0) is 19.1. The van der Waals surface area contributed by atoms with Crippen LogP contribution in [0.2, 0.25) is 0 Å². The fraction of sp³-hybridized carbons (Fsp3) is 0.100. The van der Waals surface area contributed by atoms with Gasteiger partial charge in [0.1, 0.15) is 12.4 Å². The SMILES string of the molecule is Nc1ccc(CONC(=O)c2ccccc2NCc2ccncc2)c(F)c1. The number of nitrogens with two attached hydrogens (primary N) is 1. The number of carbonyl (C=O) groups is 1. The summed E-state index contributed by atoms with van der Waals surface area (Å²) in [5, 5.41) is 3.22. The van der Waals surface area contributed by atoms with Gasteiger partial charge in [-0.1, -0.05) is 18.2 Å². The van der Waals surface area contributed by atoms with Gasteiger partial charge in [0.2, 0.25) is 0 Å². The first kappa shape index (κ1) is 18.3. The van der Waals surface area contributed by atoms with Gasteiger partial charge in [-0.2, -0.15) is 0 Å². The van der Waals surface area contributed by atoms with Crippen LogP contribution in [0, 0.1) is 5.82 Å². The second kappa shape index (κ2) is 8.77. The smallest absolute Gasteiger partial charge is 0.276 e. The summed E-state index contributed by atoms with van der Waals surface area (Å²) in [6.07, 6.45) is 3.42. The Kier molecular flexibility index (Phi) is 5.96. The number of benzene rings is 2. The van der Waals surface area contributed by atoms with Gasteiger partial charge in [-0.25, -0.2) is 9.87 Å². The number of halogens is 1. The highest BCUT2D eigenvalue weighted by Gasteiger charge is 2.11. The largest absolute Gasteiger partial charge is 0.399 e. The highest BCUT2D eigenvalue weighted by atomic mass is 19.1. The maximum atomic E-state index is 13.7. The molecule has 0 bridgehead atoms. The van der Waals surface area contributed by atoms with Crippen molar-refractivity contribution < 1.29 is 14.0 Å². The van der Waals surface area contributed by atoms with Crippen LogP contribution >= 0.6 is 0 Å². The number of hydroxylamine groups is 1. The second-order valence-corrected chi connectivity index (χ2v) is 5.83. The van der Waals surface area contributed by atoms with Gasteiger partial charge in [0, 0.05) is 35.9 Å². The van der Waals surface area contributed by atoms with Crippen molar-refractivity contribution in [3.8, 4) is 0 Å². The Labute approximate surface area is 156 Å². The fourth-order valence-electron chi connectivity index (χ4n) is 2.45. The molecule has 0 aliphatic heterocycles. The first-order valence-corrected chi connectivity index (χ1v) is 8.31. The molecule has 138 valence electrons. The minimum absolute atomic E-state index is 0.107. The number of rotatable bonds is 7. The van der Waals surface area contributed by atoms with Crippen LogP contribution in [0.5, 0.6) is 0 Å². The number of aromatic nitrogens is 1. The van der Waals surface area contributed by atoms with E-state index in [2.05, 4.69) is 15.8 Å². The third-order valence-electron chi connectivity index (χ3n) is 3.87. The molecule has 1 aromatic heterocycles. The molecule has 2 aromatic carbocycles. The van der Waals surface area contributed by atoms with Crippen molar-refractivity contribution in [2.24, 2.45) is 0 Å². The number of nitrogens with one attached hydrogen (secondary N) is 2. The molecule has 0 spiro atoms. The Hall–Kier alpha value is -3.45. The van der Waals surface area contributed by atoms with E-state index in [-0.39, 0.29) is 6.61 Å². The molecule has 7 heteroatoms. The van der Waals surface area contributed by atoms with Crippen LogP contribution < -0.4 is 16.5 Å². The zero-order valence-electron chi connectivity index (χ0n) is 14.5. The van der Waals surface area contributed by atoms with Crippen molar-refractivity contribution in [1.82, 2.24) is 10.5 Å². The van der Waals surface area contributed by atoms with Gasteiger partial charge in [0.25, 0.3) is 5.91 Å². The molecular weight excluding hydrogens is 347 g/mol. The summed E-state index contributed by atoms with van der Waals surface area (Å²) in [6.45, 7) is 0.439. The quantitative estimate of drug-likeness (QED) is 0.441. The molecule has 0 saturated carbocycles. The van der Waals surface area contributed by atoms with Crippen molar-refractivity contribution in [2.45, 2.75) is 13.2 Å². The highest BCUT2D eigenvalue weighted by Crippen LogP contribution is 2.17. The van der Waals surface area contributed by atoms with Crippen molar-refractivity contribution in [1.29, 1.82) is 0 Å². The molecule has 0 aliphatic carbocycles. The molecule has 6 nitrogen and oxygen atoms in total. The number of pyridine rings is 1. The van der Waals surface area contributed by atoms with Crippen LogP contribution in [0.4, 0.5) is 15.8 Å². The average Bonchev–Trinajstić information content (AvgIpc) is 2.69. The van der Waals surface area contributed by atoms with Gasteiger partial charge in [-0.05, 0) is 42.0 Å². The zero-order valence-corrected chi connectivity index (χ0v) is 14.5. The van der Waals surface area contributed by atoms with Gasteiger partial charge < -0.3 is 11.1 Å². The van der Waals surface area contributed by atoms with Crippen molar-refractivity contribution in [3.05, 3.63) is 89.5 Å². The molecule has 0 saturated heterocycles. The van der Waals surface area contributed by atoms with Crippen LogP contribution in [0.15, 0.2) is 67.0 Å². The minimum Gasteiger partial charge on any atom is -0.399 e. The molecule has 0 atom stereocenters. The number of hydrogen-bond acceptors (Lipinski definition) is 5. The first-order chi connectivity index (χ1) is 13.1. The molecule has 3 rings (SSSR count). The van der Waals surface area contributed by atoms with E-state index in [1.165, 1.54) is 12.1 Å². The van der Waals surface area contributed by atoms with Crippen LogP contribution in [0.1, 0.15) is 21.5 Å². The summed E-state index contributed by atoms with van der Waals surface area (Å²) < 4.78 is 13.7. The van der Waals surface area contributed by atoms with Gasteiger partial charge in [0.05, 0.1) is 5.56 Å². The van der Waals surface area contributed by atoms with E-state index >= 15 is 0 Å². The van der Waals surface area contributed by atoms with Gasteiger partial charge in [-0.3, -0.25) is 14.6 Å². The van der Waals surface area contributed by atoms with Gasteiger partial charge >= 0.3 is 0 Å². The maximum Gasteiger partial charge on any atom is 0.276 e. The Balaban J connectivity index is 1.59. The Bertz CT molecular complexity index is 919. The number of amides is 1. The lowest BCUT2D eigenvalue weighted by molar-refractivity contribution is 0.0224. The number of carbonyl (C=O) groups excluding carboxylic acids is 1. The van der Waals surface area contributed by atoms with Gasteiger partial charge in [0.15, 0.2) is 0 Å². The summed E-state index contributed by atoms with van der Waals surface area (Å²) in [5.41, 5.74) is 10.6. The maximum absolute atomic E-state index is 13.7. The van der Waals surface area contributed by atoms with Crippen LogP contribution in [0.3, 0.4) is 0 Å². The normalized spacial score (nSPS) is 10.4. The van der Waals surface area contributed by atoms with E-state index in [0.717, 1.165) is 5.56 Å². The third-order valence-corrected chi connectivity index (χ3v) is 3.87. The monoisotopic (exact) mass is 366 g/mol. The lowest BCUT2D eigenvalue weighted by atomic mass is 10.1. The first-order valence-electron chi connectivity index (χ1n) is 8.31. The molecule has 0 aliphatic rings. The lowest BCUT2D eigenvalue weighted by Gasteiger charge is -2.12. The highest BCUT2D eigenvalue weighted by molar-refractivity contribution is 5.98. The standard InChI is InChI=1S/C20H19FN4O2/c21-18-11-16(22)6-5-15(18)13-27-25-20(26)17-3-1-2-4-19(17)24-12-14-7-9-23-10-8-14/h1-11,24H,12-13,22H2,(H,25,26). The summed E-state index contributed by atoms with van der Waals surface area (Å²) in [7, 11) is 0. The summed E-state index contributed by atoms with van der Waals surface area (Å²) >= 11 is 0. The summed E-state index contributed by atoms with van der Waals surface area (Å²) in [5.74, 6) is -0.910. The lowest BCUT2D eigenvalue weighted by Crippen LogP contribution is -2.24. The van der Waals surface area contributed by atoms with E-state index in [1.54, 1.807) is 36.7 Å². The predicted molar refractivity (Wildman–Crippen MR) is 101 cm³/mol. The second-order valence-electron chi connectivity index (χ2n) is 5.83. The average molecular weight is 366 g/mol. The van der Waals surface area contributed by atoms with E-state index in [4.69, 9.17) is 10.6 Å². The molecular formula is C20H19FN4O2. The van der Waals surface area contributed by atoms with Crippen molar-refractivity contribution >= 4 is 17.3 Å². The van der Waals surface area contributed by atoms with Gasteiger partial charge in [-0.15, -0.1) is 0 Å². The van der Waals surface area contributed by atoms with Crippen LogP contribution in [-0.2, 0) is 18.0 Å². The molecule has 0 fully saturated rings. The Morgan fingerprint density at radius 2 is 1.89 bits per heavy atom. The van der Waals surface area contributed by atoms with E-state index in [9.17, 15) is 9.18 Å². The predicted octanol–water partition coefficient (Wildman–Crippen LogP) is 3.28. The summed E-state index contributed by atoms with van der Waals surface area (Å²) in [6, 6.07) is 15.1. The van der Waals surface area contributed by atoms with Crippen molar-refractivity contribution in [3.63, 3.8) is 0 Å². The van der Waals surface area contributed by atoms with E-state index in [0.29, 0.717) is 29.0 Å². The Morgan fingerprint density at radius 3 is 2.67 bits per heavy atom. The van der Waals surface area contributed by atoms with Crippen molar-refractivity contribution in [2.75, 3.05) is 11.1 Å². The number of para-hydroxylation sites is 1. The number of anilines is 2. The molecule has 1 amide bonds. The molecule has 1 heterocycles. The number of nitrogens with zero attached hydrogens (tertiary/aromatic N) is 1. The van der Waals surface area contributed by atoms with Crippen LogP contribution in [-0.4, -0.2) is 10.9 Å². The molecule has 0 radical (unpaired) electrons. The third kappa shape index (κ3) is 5.02. The number of hydrogen-bond donors (Lipinski definition) is 3. The molecule has 0 unspecified atom stereocenters. The molecule has 27 heavy (non-hydrogen) atoms. The van der Waals surface area contributed by atoms with E-state index < -0.39 is 11.7 Å². The topological polar surface area (TPSA) is 89.3 Å². The fourth-order valence-corrected chi connectivity index (χ4v) is 2.45. The molecule has 3 aromatic rings. The number of nitrogen functional groups attached to an aromatic ring is 1. The van der Waals surface area contributed by atoms with Crippen LogP contribution in [0.25, 0.3) is 0 Å². The summed E-state index contributed by atoms with van der Waals surface area (Å²) in [4.78, 5) is 21.5. The minimum atomic E-state index is -0.483. The Morgan fingerprint density at radius 1 is 1.11 bits per heavy atom. The molecule has 4 N–H and O–H groups in total. The van der Waals surface area contributed by atoms with E-state index in [1.807, 2.05) is 18.2 Å².